The van der Waals surface area contributed by atoms with Gasteiger partial charge in [0.15, 0.2) is 0 Å². The average molecular weight is 613 g/mol. The summed E-state index contributed by atoms with van der Waals surface area (Å²) < 4.78 is 13.5. The van der Waals surface area contributed by atoms with E-state index in [0.717, 1.165) is 98.8 Å². The summed E-state index contributed by atoms with van der Waals surface area (Å²) in [5.41, 5.74) is 8.73. The maximum absolute atomic E-state index is 6.73. The molecule has 0 bridgehead atoms. The van der Waals surface area contributed by atoms with Gasteiger partial charge in [0.05, 0.1) is 28.5 Å². The van der Waals surface area contributed by atoms with E-state index in [1.165, 1.54) is 10.8 Å². The van der Waals surface area contributed by atoms with Crippen LogP contribution in [0.1, 0.15) is 0 Å². The summed E-state index contributed by atoms with van der Waals surface area (Å²) in [5, 5.41) is 11.0. The minimum absolute atomic E-state index is 0.793. The second-order valence-electron chi connectivity index (χ2n) is 12.5. The molecule has 0 unspecified atom stereocenters. The van der Waals surface area contributed by atoms with E-state index in [1.54, 1.807) is 0 Å². The zero-order valence-electron chi connectivity index (χ0n) is 25.6. The van der Waals surface area contributed by atoms with Gasteiger partial charge in [-0.2, -0.15) is 0 Å². The van der Waals surface area contributed by atoms with Crippen LogP contribution in [0.5, 0.6) is 0 Å². The van der Waals surface area contributed by atoms with Gasteiger partial charge in [-0.05, 0) is 57.4 Å². The van der Waals surface area contributed by atoms with Crippen LogP contribution < -0.4 is 0 Å². The molecule has 11 aromatic rings. The largest absolute Gasteiger partial charge is 0.455 e. The van der Waals surface area contributed by atoms with Crippen LogP contribution in [0.25, 0.3) is 110 Å². The van der Waals surface area contributed by atoms with Crippen molar-refractivity contribution in [3.63, 3.8) is 0 Å². The smallest absolute Gasteiger partial charge is 0.147 e. The fourth-order valence-corrected chi connectivity index (χ4v) is 7.69. The highest BCUT2D eigenvalue weighted by atomic mass is 16.3. The van der Waals surface area contributed by atoms with E-state index in [2.05, 4.69) is 115 Å². The average Bonchev–Trinajstić information content (AvgIpc) is 3.71. The van der Waals surface area contributed by atoms with Crippen molar-refractivity contribution in [2.75, 3.05) is 0 Å². The third-order valence-electron chi connectivity index (χ3n) is 9.87. The highest BCUT2D eigenvalue weighted by Gasteiger charge is 2.24. The Morgan fingerprint density at radius 1 is 0.396 bits per heavy atom. The van der Waals surface area contributed by atoms with Crippen molar-refractivity contribution in [3.8, 4) is 22.4 Å². The fraction of sp³-hybridized carbons (Fsp3) is 0. The van der Waals surface area contributed by atoms with Crippen LogP contribution in [-0.4, -0.2) is 9.97 Å². The summed E-state index contributed by atoms with van der Waals surface area (Å²) in [6, 6.07) is 48.6. The summed E-state index contributed by atoms with van der Waals surface area (Å²) in [5.74, 6) is 0. The van der Waals surface area contributed by atoms with Gasteiger partial charge in [-0.1, -0.05) is 109 Å². The first-order valence-electron chi connectivity index (χ1n) is 16.2. The van der Waals surface area contributed by atoms with E-state index in [0.29, 0.717) is 0 Å². The van der Waals surface area contributed by atoms with Crippen LogP contribution in [0.4, 0.5) is 0 Å². The number of aromatic nitrogens is 2. The highest BCUT2D eigenvalue weighted by molar-refractivity contribution is 6.25. The first-order chi connectivity index (χ1) is 23.8. The Morgan fingerprint density at radius 2 is 0.875 bits per heavy atom. The normalized spacial score (nSPS) is 12.2. The summed E-state index contributed by atoms with van der Waals surface area (Å²) in [4.78, 5) is 10.6. The lowest BCUT2D eigenvalue weighted by Crippen LogP contribution is -1.95. The Bertz CT molecular complexity index is 3010. The molecule has 0 amide bonds. The van der Waals surface area contributed by atoms with Crippen molar-refractivity contribution < 1.29 is 8.83 Å². The third-order valence-corrected chi connectivity index (χ3v) is 9.87. The zero-order valence-corrected chi connectivity index (χ0v) is 25.6. The molecule has 0 atom stereocenters. The molecule has 0 fully saturated rings. The summed E-state index contributed by atoms with van der Waals surface area (Å²) in [6.07, 6.45) is 1.92. The van der Waals surface area contributed by atoms with Crippen LogP contribution in [0.2, 0.25) is 0 Å². The molecule has 11 rings (SSSR count). The zero-order chi connectivity index (χ0) is 31.3. The van der Waals surface area contributed by atoms with Crippen LogP contribution in [-0.2, 0) is 0 Å². The van der Waals surface area contributed by atoms with E-state index in [-0.39, 0.29) is 0 Å². The van der Waals surface area contributed by atoms with Crippen molar-refractivity contribution in [2.24, 2.45) is 0 Å². The molecule has 0 aliphatic heterocycles. The van der Waals surface area contributed by atoms with E-state index >= 15 is 0 Å². The van der Waals surface area contributed by atoms with Crippen LogP contribution in [0.3, 0.4) is 0 Å². The molecule has 48 heavy (non-hydrogen) atoms. The monoisotopic (exact) mass is 612 g/mol. The minimum atomic E-state index is 0.793. The Hall–Kier alpha value is -6.52. The molecule has 0 N–H and O–H groups in total. The lowest BCUT2D eigenvalue weighted by Gasteiger charge is -2.15. The van der Waals surface area contributed by atoms with E-state index in [4.69, 9.17) is 18.8 Å². The van der Waals surface area contributed by atoms with Gasteiger partial charge >= 0.3 is 0 Å². The van der Waals surface area contributed by atoms with Crippen LogP contribution in [0, 0.1) is 0 Å². The molecular weight excluding hydrogens is 588 g/mol. The molecule has 0 spiro atoms. The van der Waals surface area contributed by atoms with Gasteiger partial charge < -0.3 is 8.83 Å². The molecular formula is C44H24N2O2. The molecule has 0 aliphatic carbocycles. The molecule has 4 heteroatoms. The highest BCUT2D eigenvalue weighted by Crippen LogP contribution is 2.47. The molecule has 0 radical (unpaired) electrons. The number of fused-ring (bicyclic) bond motifs is 13. The maximum Gasteiger partial charge on any atom is 0.147 e. The number of benzene rings is 8. The topological polar surface area (TPSA) is 52.1 Å². The third kappa shape index (κ3) is 3.49. The predicted molar refractivity (Wildman–Crippen MR) is 197 cm³/mol. The molecule has 222 valence electrons. The Morgan fingerprint density at radius 3 is 1.48 bits per heavy atom. The fourth-order valence-electron chi connectivity index (χ4n) is 7.69. The molecule has 0 saturated heterocycles. The van der Waals surface area contributed by atoms with Gasteiger partial charge in [0.2, 0.25) is 0 Å². The van der Waals surface area contributed by atoms with E-state index in [1.807, 2.05) is 30.5 Å². The first-order valence-corrected chi connectivity index (χ1v) is 16.2. The summed E-state index contributed by atoms with van der Waals surface area (Å²) in [6.45, 7) is 0. The first kappa shape index (κ1) is 25.6. The van der Waals surface area contributed by atoms with Gasteiger partial charge in [-0.15, -0.1) is 0 Å². The standard InChI is InChI=1S/C44H24N2O2/c1-2-12-26-22-34(40-43-35(29-15-7-9-19-38(29)47-43)23-36-30-16-8-10-20-39(30)48-44(36)40)33(21-25(26)11-1)37-24-45-41-31-17-5-3-13-27(31)28-14-4-6-18-32(28)42(41)46-37/h1-24H. The number of hydrogen-bond acceptors (Lipinski definition) is 4. The molecule has 4 nitrogen and oxygen atoms in total. The lowest BCUT2D eigenvalue weighted by molar-refractivity contribution is 0.658. The van der Waals surface area contributed by atoms with Crippen LogP contribution >= 0.6 is 0 Å². The number of para-hydroxylation sites is 2. The SMILES string of the molecule is c1ccc2cc(-c3c4oc5ccccc5c4cc4c3oc3ccccc34)c(-c3cnc4c5ccccc5c5ccccc5c4n3)cc2c1. The molecule has 8 aromatic carbocycles. The van der Waals surface area contributed by atoms with E-state index in [9.17, 15) is 0 Å². The number of furan rings is 2. The summed E-state index contributed by atoms with van der Waals surface area (Å²) in [7, 11) is 0. The Balaban J connectivity index is 1.31. The van der Waals surface area contributed by atoms with Crippen molar-refractivity contribution in [2.45, 2.75) is 0 Å². The maximum atomic E-state index is 6.73. The van der Waals surface area contributed by atoms with Crippen molar-refractivity contribution in [1.82, 2.24) is 9.97 Å². The van der Waals surface area contributed by atoms with Gasteiger partial charge in [0.25, 0.3) is 0 Å². The van der Waals surface area contributed by atoms with Crippen LogP contribution in [0.15, 0.2) is 155 Å². The minimum Gasteiger partial charge on any atom is -0.455 e. The van der Waals surface area contributed by atoms with E-state index < -0.39 is 0 Å². The van der Waals surface area contributed by atoms with Gasteiger partial charge in [0.1, 0.15) is 22.3 Å². The molecule has 0 aliphatic rings. The van der Waals surface area contributed by atoms with Gasteiger partial charge in [-0.3, -0.25) is 4.98 Å². The Labute approximate surface area is 273 Å². The lowest BCUT2D eigenvalue weighted by atomic mass is 9.91. The summed E-state index contributed by atoms with van der Waals surface area (Å²) >= 11 is 0. The number of rotatable bonds is 2. The predicted octanol–water partition coefficient (Wildman–Crippen LogP) is 12.2. The van der Waals surface area contributed by atoms with Crippen molar-refractivity contribution in [3.05, 3.63) is 146 Å². The number of nitrogens with zero attached hydrogens (tertiary/aromatic N) is 2. The molecule has 0 saturated carbocycles. The quantitative estimate of drug-likeness (QED) is 0.182. The molecule has 3 aromatic heterocycles. The number of hydrogen-bond donors (Lipinski definition) is 0. The second kappa shape index (κ2) is 9.50. The van der Waals surface area contributed by atoms with Gasteiger partial charge in [-0.25, -0.2) is 4.98 Å². The molecule has 3 heterocycles. The second-order valence-corrected chi connectivity index (χ2v) is 12.5. The Kier molecular flexibility index (Phi) is 5.08. The van der Waals surface area contributed by atoms with Gasteiger partial charge in [0, 0.05) is 37.9 Å². The van der Waals surface area contributed by atoms with Crippen molar-refractivity contribution in [1.29, 1.82) is 0 Å². The van der Waals surface area contributed by atoms with Crippen molar-refractivity contribution >= 4 is 87.2 Å².